The molecule has 4 aliphatic rings. The van der Waals surface area contributed by atoms with Gasteiger partial charge >= 0.3 is 0 Å². The number of halogens is 2. The second-order valence-corrected chi connectivity index (χ2v) is 22.2. The Morgan fingerprint density at radius 1 is 0.422 bits per heavy atom. The maximum Gasteiger partial charge on any atom is 0.282 e. The van der Waals surface area contributed by atoms with Crippen LogP contribution in [0.4, 0.5) is 8.78 Å². The zero-order chi connectivity index (χ0) is 50.0. The molecule has 4 rings (SSSR count). The molecule has 0 aromatic rings. The molecule has 0 aromatic carbocycles. The summed E-state index contributed by atoms with van der Waals surface area (Å²) in [6, 6.07) is 1.58. The van der Waals surface area contributed by atoms with Crippen LogP contribution in [-0.4, -0.2) is 187 Å². The van der Waals surface area contributed by atoms with Crippen molar-refractivity contribution in [3.05, 3.63) is 50.1 Å². The van der Waals surface area contributed by atoms with E-state index in [0.29, 0.717) is 31.7 Å². The van der Waals surface area contributed by atoms with Crippen molar-refractivity contribution in [1.82, 2.24) is 39.2 Å². The molecule has 64 heavy (non-hydrogen) atoms. The summed E-state index contributed by atoms with van der Waals surface area (Å²) in [5.41, 5.74) is 0.497. The molecule has 0 N–H and O–H groups in total. The molecule has 4 aliphatic heterocycles. The van der Waals surface area contributed by atoms with Gasteiger partial charge in [-0.2, -0.15) is 0 Å². The van der Waals surface area contributed by atoms with Crippen LogP contribution in [0.1, 0.15) is 125 Å². The highest BCUT2D eigenvalue weighted by molar-refractivity contribution is 5.91. The van der Waals surface area contributed by atoms with Crippen LogP contribution in [0.3, 0.4) is 0 Å². The van der Waals surface area contributed by atoms with Gasteiger partial charge in [0.1, 0.15) is 0 Å². The lowest BCUT2D eigenvalue weighted by Gasteiger charge is -2.49. The Balaban J connectivity index is 0.000000427. The highest BCUT2D eigenvalue weighted by Gasteiger charge is 2.39. The summed E-state index contributed by atoms with van der Waals surface area (Å²) in [5, 5.41) is 0. The van der Waals surface area contributed by atoms with Gasteiger partial charge in [-0.1, -0.05) is 26.3 Å². The summed E-state index contributed by atoms with van der Waals surface area (Å²) in [6.07, 6.45) is 2.81. The van der Waals surface area contributed by atoms with Crippen molar-refractivity contribution < 1.29 is 28.0 Å². The number of hydrogen-bond donors (Lipinski definition) is 0. The first-order chi connectivity index (χ1) is 29.0. The van der Waals surface area contributed by atoms with Crippen LogP contribution in [0.25, 0.3) is 0 Å². The Labute approximate surface area is 388 Å². The Kier molecular flexibility index (Phi) is 21.8. The topological polar surface area (TPSA) is 94.2 Å². The maximum atomic E-state index is 12.9. The first kappa shape index (κ1) is 58.6. The number of rotatable bonds is 4. The van der Waals surface area contributed by atoms with Gasteiger partial charge < -0.3 is 19.6 Å². The van der Waals surface area contributed by atoms with E-state index in [0.717, 1.165) is 45.8 Å². The molecule has 0 spiro atoms. The van der Waals surface area contributed by atoms with Gasteiger partial charge in [0.15, 0.2) is 11.7 Å². The van der Waals surface area contributed by atoms with Crippen LogP contribution in [0.15, 0.2) is 50.1 Å². The van der Waals surface area contributed by atoms with E-state index in [9.17, 15) is 28.0 Å². The Morgan fingerprint density at radius 3 is 1.06 bits per heavy atom. The molecule has 4 amide bonds. The van der Waals surface area contributed by atoms with Gasteiger partial charge in [-0.05, 0) is 137 Å². The Bertz CT molecular complexity index is 1630. The summed E-state index contributed by atoms with van der Waals surface area (Å²) < 4.78 is 25.7. The maximum absolute atomic E-state index is 12.9. The van der Waals surface area contributed by atoms with Crippen molar-refractivity contribution in [2.24, 2.45) is 0 Å². The van der Waals surface area contributed by atoms with E-state index in [-0.39, 0.29) is 58.1 Å². The zero-order valence-corrected chi connectivity index (χ0v) is 43.5. The smallest absolute Gasteiger partial charge is 0.282 e. The standard InChI is InChI=1S/C13H23FN2O.C13H24N2O.C12H21FN2O.C12H22N2O/c1-9-8-16(13(4,5)6)10(2)7-15(9)12(17)11(3)14;1-7-12(16)14-8-11(3)15(9-10(14)2)13(4,5)6;1-9-8-14(11(16)10(2)13)6-7-15(9)12(3,4)5;1-6-11(15)13-7-8-14(10(2)9-13)12(3,4)5/h9-10H,3,7-8H2,1-2,4-6H3;7,10-11H,1,8-9H2,2-6H3;9H,2,6-8H2,1,3-5H3;6,10H,1,7-9H2,2-5H3/t9-,10+;10-,11+;9-;10-/m1100/s1. The molecule has 0 unspecified atom stereocenters. The number of amides is 4. The molecule has 0 bridgehead atoms. The van der Waals surface area contributed by atoms with Gasteiger partial charge in [0.2, 0.25) is 11.8 Å². The van der Waals surface area contributed by atoms with Crippen molar-refractivity contribution in [1.29, 1.82) is 0 Å². The van der Waals surface area contributed by atoms with Crippen LogP contribution in [0.5, 0.6) is 0 Å². The Morgan fingerprint density at radius 2 is 0.734 bits per heavy atom. The third kappa shape index (κ3) is 17.1. The molecular weight excluding hydrogens is 815 g/mol. The zero-order valence-electron chi connectivity index (χ0n) is 43.5. The fraction of sp³-hybridized carbons (Fsp3) is 0.760. The molecule has 0 saturated carbocycles. The first-order valence-corrected chi connectivity index (χ1v) is 23.2. The van der Waals surface area contributed by atoms with E-state index in [2.05, 4.69) is 164 Å². The highest BCUT2D eigenvalue weighted by atomic mass is 19.1. The van der Waals surface area contributed by atoms with E-state index in [1.165, 1.54) is 17.1 Å². The summed E-state index contributed by atoms with van der Waals surface area (Å²) >= 11 is 0. The predicted octanol–water partition coefficient (Wildman–Crippen LogP) is 7.39. The van der Waals surface area contributed by atoms with Gasteiger partial charge in [-0.25, -0.2) is 8.78 Å². The Hall–Kier alpha value is -3.46. The molecule has 4 saturated heterocycles. The summed E-state index contributed by atoms with van der Waals surface area (Å²) in [6.45, 7) is 59.5. The van der Waals surface area contributed by atoms with Crippen molar-refractivity contribution in [2.45, 2.75) is 183 Å². The van der Waals surface area contributed by atoms with Crippen LogP contribution in [0.2, 0.25) is 0 Å². The lowest BCUT2D eigenvalue weighted by atomic mass is 9.98. The molecule has 6 atom stereocenters. The van der Waals surface area contributed by atoms with Crippen molar-refractivity contribution >= 4 is 23.6 Å². The average molecular weight is 905 g/mol. The number of piperazine rings is 4. The fourth-order valence-electron chi connectivity index (χ4n) is 9.58. The third-order valence-corrected chi connectivity index (χ3v) is 12.6. The van der Waals surface area contributed by atoms with Gasteiger partial charge in [0, 0.05) is 124 Å². The molecule has 4 fully saturated rings. The highest BCUT2D eigenvalue weighted by Crippen LogP contribution is 2.27. The largest absolute Gasteiger partial charge is 0.336 e. The first-order valence-electron chi connectivity index (χ1n) is 23.2. The number of carbonyl (C=O) groups is 4. The quantitative estimate of drug-likeness (QED) is 0.270. The van der Waals surface area contributed by atoms with Crippen molar-refractivity contribution in [3.63, 3.8) is 0 Å². The minimum Gasteiger partial charge on any atom is -0.336 e. The number of carbonyl (C=O) groups excluding carboxylic acids is 4. The lowest BCUT2D eigenvalue weighted by molar-refractivity contribution is -0.136. The SMILES string of the molecule is C=C(F)C(=O)N1CCN(C(C)(C)C)[C@@H](C)C1.C=C(F)C(=O)N1C[C@H](C)N(C(C)(C)C)C[C@H]1C.C=CC(=O)N1CCN(C(C)(C)C)[C@@H](C)C1.C=CC(=O)N1C[C@H](C)N(C(C)(C)C)C[C@H]1C. The fourth-order valence-corrected chi connectivity index (χ4v) is 9.58. The molecule has 0 aromatic heterocycles. The van der Waals surface area contributed by atoms with E-state index in [1.54, 1.807) is 4.90 Å². The second-order valence-electron chi connectivity index (χ2n) is 22.2. The molecule has 4 heterocycles. The summed E-state index contributed by atoms with van der Waals surface area (Å²) in [4.78, 5) is 62.7. The van der Waals surface area contributed by atoms with Crippen molar-refractivity contribution in [2.75, 3.05) is 65.4 Å². The monoisotopic (exact) mass is 905 g/mol. The van der Waals surface area contributed by atoms with Crippen LogP contribution in [-0.2, 0) is 19.2 Å². The molecular formula is C50H90F2N8O4. The molecule has 0 radical (unpaired) electrons. The number of hydrogen-bond acceptors (Lipinski definition) is 8. The van der Waals surface area contributed by atoms with E-state index in [1.807, 2.05) is 16.7 Å². The molecule has 0 aliphatic carbocycles. The van der Waals surface area contributed by atoms with E-state index < -0.39 is 23.5 Å². The summed E-state index contributed by atoms with van der Waals surface area (Å²) in [7, 11) is 0. The van der Waals surface area contributed by atoms with E-state index in [4.69, 9.17) is 0 Å². The normalized spacial score (nSPS) is 25.6. The predicted molar refractivity (Wildman–Crippen MR) is 260 cm³/mol. The van der Waals surface area contributed by atoms with Crippen LogP contribution >= 0.6 is 0 Å². The number of nitrogens with zero attached hydrogens (tertiary/aromatic N) is 8. The lowest BCUT2D eigenvalue weighted by Crippen LogP contribution is -2.62. The van der Waals surface area contributed by atoms with Gasteiger partial charge in [-0.15, -0.1) is 0 Å². The minimum atomic E-state index is -0.867. The van der Waals surface area contributed by atoms with Crippen LogP contribution < -0.4 is 0 Å². The minimum absolute atomic E-state index is 0.0189. The van der Waals surface area contributed by atoms with Crippen molar-refractivity contribution in [3.8, 4) is 0 Å². The van der Waals surface area contributed by atoms with Gasteiger partial charge in [0.05, 0.1) is 0 Å². The average Bonchev–Trinajstić information content (AvgIpc) is 3.16. The summed E-state index contributed by atoms with van der Waals surface area (Å²) in [5.74, 6) is -2.77. The molecule has 368 valence electrons. The molecule has 14 heteroatoms. The van der Waals surface area contributed by atoms with Gasteiger partial charge in [-0.3, -0.25) is 38.8 Å². The van der Waals surface area contributed by atoms with Gasteiger partial charge in [0.25, 0.3) is 11.8 Å². The second kappa shape index (κ2) is 23.8. The molecule has 12 nitrogen and oxygen atoms in total. The van der Waals surface area contributed by atoms with E-state index >= 15 is 0 Å². The third-order valence-electron chi connectivity index (χ3n) is 12.6. The van der Waals surface area contributed by atoms with Crippen LogP contribution in [0, 0.1) is 0 Å².